The lowest BCUT2D eigenvalue weighted by molar-refractivity contribution is -0.138. The molecule has 1 amide bonds. The predicted molar refractivity (Wildman–Crippen MR) is 91.2 cm³/mol. The smallest absolute Gasteiger partial charge is 0.416 e. The maximum atomic E-state index is 13.2. The number of nitrogens with one attached hydrogen (secondary N) is 1. The van der Waals surface area contributed by atoms with Crippen molar-refractivity contribution >= 4 is 17.2 Å². The van der Waals surface area contributed by atoms with Gasteiger partial charge in [-0.1, -0.05) is 12.1 Å². The zero-order valence-corrected chi connectivity index (χ0v) is 14.6. The van der Waals surface area contributed by atoms with E-state index in [-0.39, 0.29) is 11.4 Å². The van der Waals surface area contributed by atoms with Crippen LogP contribution in [-0.2, 0) is 12.7 Å². The fourth-order valence-electron chi connectivity index (χ4n) is 2.34. The van der Waals surface area contributed by atoms with Crippen LogP contribution in [0, 0.1) is 5.82 Å². The van der Waals surface area contributed by atoms with Crippen LogP contribution in [0.5, 0.6) is 11.6 Å². The fourth-order valence-corrected chi connectivity index (χ4v) is 3.00. The number of rotatable bonds is 4. The molecule has 28 heavy (non-hydrogen) atoms. The van der Waals surface area contributed by atoms with E-state index in [1.54, 1.807) is 17.5 Å². The minimum Gasteiger partial charge on any atom is -0.501 e. The first kappa shape index (κ1) is 19.5. The third kappa shape index (κ3) is 4.03. The molecule has 2 aromatic heterocycles. The standard InChI is InChI=1S/C17H11F4N3O3S/c18-9-4-3-8(10(6-9)17(19,20)21)7-22-15(26)12-13(25)16(27)24-14(23-12)11-2-1-5-28-11/h1-6,25H,7H2,(H,22,26)(H,23,24,27). The Bertz CT molecular complexity index is 1020. The molecule has 0 aliphatic carbocycles. The van der Waals surface area contributed by atoms with Gasteiger partial charge in [0, 0.05) is 6.54 Å². The Morgan fingerprint density at radius 2 is 1.93 bits per heavy atom. The van der Waals surface area contributed by atoms with Gasteiger partial charge in [0.15, 0.2) is 11.5 Å². The number of aromatic nitrogens is 2. The molecule has 11 heteroatoms. The molecule has 6 nitrogen and oxygen atoms in total. The lowest BCUT2D eigenvalue weighted by Crippen LogP contribution is -2.26. The number of hydrogen-bond donors (Lipinski definition) is 3. The monoisotopic (exact) mass is 413 g/mol. The zero-order chi connectivity index (χ0) is 20.5. The molecule has 2 heterocycles. The molecule has 0 radical (unpaired) electrons. The van der Waals surface area contributed by atoms with Crippen molar-refractivity contribution in [1.29, 1.82) is 0 Å². The van der Waals surface area contributed by atoms with E-state index in [9.17, 15) is 32.6 Å². The normalized spacial score (nSPS) is 11.4. The lowest BCUT2D eigenvalue weighted by Gasteiger charge is -2.14. The van der Waals surface area contributed by atoms with Gasteiger partial charge in [0.05, 0.1) is 10.4 Å². The summed E-state index contributed by atoms with van der Waals surface area (Å²) in [5.74, 6) is -3.89. The molecule has 0 saturated carbocycles. The van der Waals surface area contributed by atoms with E-state index in [0.29, 0.717) is 10.9 Å². The van der Waals surface area contributed by atoms with E-state index >= 15 is 0 Å². The second-order valence-corrected chi connectivity index (χ2v) is 6.47. The number of halogens is 4. The highest BCUT2D eigenvalue weighted by molar-refractivity contribution is 7.13. The zero-order valence-electron chi connectivity index (χ0n) is 13.8. The van der Waals surface area contributed by atoms with Gasteiger partial charge in [-0.15, -0.1) is 11.3 Å². The molecule has 0 aliphatic rings. The van der Waals surface area contributed by atoms with Crippen LogP contribution in [0.15, 0.2) is 35.7 Å². The van der Waals surface area contributed by atoms with E-state index in [2.05, 4.69) is 15.3 Å². The first-order valence-electron chi connectivity index (χ1n) is 7.64. The summed E-state index contributed by atoms with van der Waals surface area (Å²) in [4.78, 5) is 20.4. The average molecular weight is 413 g/mol. The van der Waals surface area contributed by atoms with Gasteiger partial charge in [0.1, 0.15) is 5.82 Å². The van der Waals surface area contributed by atoms with Crippen LogP contribution in [0.25, 0.3) is 10.7 Å². The summed E-state index contributed by atoms with van der Waals surface area (Å²) in [5, 5.41) is 23.4. The van der Waals surface area contributed by atoms with E-state index in [0.717, 1.165) is 12.1 Å². The Kier molecular flexibility index (Phi) is 5.18. The molecule has 0 aliphatic heterocycles. The number of aromatic hydroxyl groups is 2. The molecule has 3 aromatic rings. The molecule has 0 saturated heterocycles. The molecule has 3 N–H and O–H groups in total. The van der Waals surface area contributed by atoms with Crippen molar-refractivity contribution in [2.75, 3.05) is 0 Å². The minimum atomic E-state index is -4.82. The summed E-state index contributed by atoms with van der Waals surface area (Å²) < 4.78 is 52.2. The van der Waals surface area contributed by atoms with Gasteiger partial charge in [-0.2, -0.15) is 18.2 Å². The number of carbonyl (C=O) groups is 1. The highest BCUT2D eigenvalue weighted by Gasteiger charge is 2.34. The molecule has 0 fully saturated rings. The van der Waals surface area contributed by atoms with Gasteiger partial charge in [0.2, 0.25) is 5.75 Å². The van der Waals surface area contributed by atoms with Gasteiger partial charge in [-0.3, -0.25) is 4.79 Å². The molecular weight excluding hydrogens is 402 g/mol. The van der Waals surface area contributed by atoms with Crippen molar-refractivity contribution < 1.29 is 32.6 Å². The number of hydrogen-bond acceptors (Lipinski definition) is 6. The maximum Gasteiger partial charge on any atom is 0.416 e. The third-order valence-electron chi connectivity index (χ3n) is 3.64. The Hall–Kier alpha value is -3.21. The quantitative estimate of drug-likeness (QED) is 0.567. The summed E-state index contributed by atoms with van der Waals surface area (Å²) in [6, 6.07) is 5.35. The second-order valence-electron chi connectivity index (χ2n) is 5.53. The number of thiophene rings is 1. The van der Waals surface area contributed by atoms with Crippen molar-refractivity contribution in [1.82, 2.24) is 15.3 Å². The number of nitrogens with zero attached hydrogens (tertiary/aromatic N) is 2. The van der Waals surface area contributed by atoms with Crippen molar-refractivity contribution in [2.45, 2.75) is 12.7 Å². The highest BCUT2D eigenvalue weighted by atomic mass is 32.1. The molecule has 0 atom stereocenters. The summed E-state index contributed by atoms with van der Waals surface area (Å²) >= 11 is 1.22. The molecule has 0 bridgehead atoms. The fraction of sp³-hybridized carbons (Fsp3) is 0.118. The van der Waals surface area contributed by atoms with Crippen LogP contribution < -0.4 is 5.32 Å². The number of alkyl halides is 3. The van der Waals surface area contributed by atoms with Crippen LogP contribution >= 0.6 is 11.3 Å². The van der Waals surface area contributed by atoms with Gasteiger partial charge in [-0.05, 0) is 29.1 Å². The van der Waals surface area contributed by atoms with Gasteiger partial charge in [-0.25, -0.2) is 9.37 Å². The Balaban J connectivity index is 1.87. The Morgan fingerprint density at radius 1 is 1.18 bits per heavy atom. The maximum absolute atomic E-state index is 13.2. The predicted octanol–water partition coefficient (Wildman–Crippen LogP) is 3.70. The minimum absolute atomic E-state index is 0.0341. The molecule has 3 rings (SSSR count). The van der Waals surface area contributed by atoms with E-state index in [1.807, 2.05) is 0 Å². The topological polar surface area (TPSA) is 95.3 Å². The van der Waals surface area contributed by atoms with Gasteiger partial charge < -0.3 is 15.5 Å². The molecule has 1 aromatic carbocycles. The van der Waals surface area contributed by atoms with Crippen LogP contribution in [0.2, 0.25) is 0 Å². The molecule has 0 spiro atoms. The SMILES string of the molecule is O=C(NCc1ccc(F)cc1C(F)(F)F)c1nc(-c2cccs2)nc(O)c1O. The van der Waals surface area contributed by atoms with Crippen molar-refractivity contribution in [3.63, 3.8) is 0 Å². The summed E-state index contributed by atoms with van der Waals surface area (Å²) in [5.41, 5.74) is -2.22. The molecular formula is C17H11F4N3O3S. The van der Waals surface area contributed by atoms with Gasteiger partial charge >= 0.3 is 6.18 Å². The molecule has 146 valence electrons. The third-order valence-corrected chi connectivity index (χ3v) is 4.50. The largest absolute Gasteiger partial charge is 0.501 e. The van der Waals surface area contributed by atoms with Crippen molar-refractivity contribution in [2.24, 2.45) is 0 Å². The van der Waals surface area contributed by atoms with Crippen LogP contribution in [0.3, 0.4) is 0 Å². The van der Waals surface area contributed by atoms with E-state index < -0.39 is 47.3 Å². The summed E-state index contributed by atoms with van der Waals surface area (Å²) in [6.07, 6.45) is -4.82. The number of carbonyl (C=O) groups excluding carboxylic acids is 1. The average Bonchev–Trinajstić information content (AvgIpc) is 3.16. The second kappa shape index (κ2) is 7.43. The van der Waals surface area contributed by atoms with Crippen molar-refractivity contribution in [3.8, 4) is 22.3 Å². The van der Waals surface area contributed by atoms with Crippen molar-refractivity contribution in [3.05, 3.63) is 58.3 Å². The van der Waals surface area contributed by atoms with E-state index in [4.69, 9.17) is 0 Å². The number of benzene rings is 1. The summed E-state index contributed by atoms with van der Waals surface area (Å²) in [6.45, 7) is -0.605. The summed E-state index contributed by atoms with van der Waals surface area (Å²) in [7, 11) is 0. The lowest BCUT2D eigenvalue weighted by atomic mass is 10.1. The highest BCUT2D eigenvalue weighted by Crippen LogP contribution is 2.33. The molecule has 0 unspecified atom stereocenters. The van der Waals surface area contributed by atoms with E-state index in [1.165, 1.54) is 11.3 Å². The first-order valence-corrected chi connectivity index (χ1v) is 8.52. The van der Waals surface area contributed by atoms with Crippen LogP contribution in [-0.4, -0.2) is 26.1 Å². The van der Waals surface area contributed by atoms with Gasteiger partial charge in [0.25, 0.3) is 11.8 Å². The first-order chi connectivity index (χ1) is 13.2. The Morgan fingerprint density at radius 3 is 2.57 bits per heavy atom. The van der Waals surface area contributed by atoms with Crippen LogP contribution in [0.1, 0.15) is 21.6 Å². The Labute approximate surface area is 159 Å². The van der Waals surface area contributed by atoms with Crippen LogP contribution in [0.4, 0.5) is 17.6 Å². The number of amides is 1.